The largest absolute Gasteiger partial charge is 0.379 e. The van der Waals surface area contributed by atoms with Crippen molar-refractivity contribution < 1.29 is 13.5 Å². The van der Waals surface area contributed by atoms with Crippen LogP contribution in [0.1, 0.15) is 12.5 Å². The molecule has 0 aromatic heterocycles. The number of likely N-dealkylation sites (N-methyl/N-ethyl adjacent to an activating group) is 1. The second kappa shape index (κ2) is 7.82. The maximum absolute atomic E-state index is 13.1. The summed E-state index contributed by atoms with van der Waals surface area (Å²) >= 11 is 0. The van der Waals surface area contributed by atoms with Crippen LogP contribution >= 0.6 is 0 Å². The maximum atomic E-state index is 13.1. The molecule has 1 aliphatic rings. The zero-order valence-electron chi connectivity index (χ0n) is 12.8. The molecule has 2 rings (SSSR count). The van der Waals surface area contributed by atoms with E-state index in [0.29, 0.717) is 18.0 Å². The second-order valence-electron chi connectivity index (χ2n) is 5.79. The quantitative estimate of drug-likeness (QED) is 0.800. The summed E-state index contributed by atoms with van der Waals surface area (Å²) < 4.78 is 31.6. The SMILES string of the molecule is C[C@H](CN(C)CCc1cc(F)cc(F)c1)N1CCOCC1. The summed E-state index contributed by atoms with van der Waals surface area (Å²) in [6, 6.07) is 4.18. The van der Waals surface area contributed by atoms with E-state index in [1.165, 1.54) is 12.1 Å². The smallest absolute Gasteiger partial charge is 0.126 e. The number of hydrogen-bond donors (Lipinski definition) is 0. The van der Waals surface area contributed by atoms with Crippen molar-refractivity contribution in [1.29, 1.82) is 0 Å². The first-order chi connectivity index (χ1) is 10.0. The van der Waals surface area contributed by atoms with E-state index >= 15 is 0 Å². The Labute approximate surface area is 125 Å². The maximum Gasteiger partial charge on any atom is 0.126 e. The van der Waals surface area contributed by atoms with E-state index in [9.17, 15) is 8.78 Å². The van der Waals surface area contributed by atoms with Crippen molar-refractivity contribution in [2.45, 2.75) is 19.4 Å². The molecule has 0 radical (unpaired) electrons. The summed E-state index contributed by atoms with van der Waals surface area (Å²) in [5.41, 5.74) is 0.707. The van der Waals surface area contributed by atoms with E-state index < -0.39 is 11.6 Å². The fraction of sp³-hybridized carbons (Fsp3) is 0.625. The summed E-state index contributed by atoms with van der Waals surface area (Å²) in [6.07, 6.45) is 0.654. The molecule has 0 unspecified atom stereocenters. The number of rotatable bonds is 6. The zero-order chi connectivity index (χ0) is 15.2. The van der Waals surface area contributed by atoms with Crippen molar-refractivity contribution in [3.05, 3.63) is 35.4 Å². The van der Waals surface area contributed by atoms with Crippen LogP contribution in [0.25, 0.3) is 0 Å². The first-order valence-electron chi connectivity index (χ1n) is 7.50. The Hall–Kier alpha value is -1.04. The number of hydrogen-bond acceptors (Lipinski definition) is 3. The Morgan fingerprint density at radius 2 is 1.81 bits per heavy atom. The molecule has 0 saturated carbocycles. The highest BCUT2D eigenvalue weighted by molar-refractivity contribution is 5.18. The molecule has 21 heavy (non-hydrogen) atoms. The molecule has 5 heteroatoms. The lowest BCUT2D eigenvalue weighted by Crippen LogP contribution is -2.46. The average molecular weight is 298 g/mol. The third-order valence-electron chi connectivity index (χ3n) is 3.95. The molecule has 1 saturated heterocycles. The lowest BCUT2D eigenvalue weighted by Gasteiger charge is -2.34. The van der Waals surface area contributed by atoms with E-state index in [-0.39, 0.29) is 0 Å². The van der Waals surface area contributed by atoms with Gasteiger partial charge in [0.05, 0.1) is 13.2 Å². The Bertz CT molecular complexity index is 430. The third kappa shape index (κ3) is 5.34. The van der Waals surface area contributed by atoms with Crippen molar-refractivity contribution in [2.24, 2.45) is 0 Å². The van der Waals surface area contributed by atoms with Crippen molar-refractivity contribution in [3.8, 4) is 0 Å². The fourth-order valence-electron chi connectivity index (χ4n) is 2.75. The molecular weight excluding hydrogens is 274 g/mol. The van der Waals surface area contributed by atoms with E-state index in [2.05, 4.69) is 16.7 Å². The van der Waals surface area contributed by atoms with Gasteiger partial charge in [0.25, 0.3) is 0 Å². The van der Waals surface area contributed by atoms with Gasteiger partial charge in [0.15, 0.2) is 0 Å². The van der Waals surface area contributed by atoms with Crippen LogP contribution in [0.15, 0.2) is 18.2 Å². The molecule has 0 amide bonds. The Morgan fingerprint density at radius 3 is 2.43 bits per heavy atom. The number of nitrogens with zero attached hydrogens (tertiary/aromatic N) is 2. The minimum atomic E-state index is -0.505. The zero-order valence-corrected chi connectivity index (χ0v) is 12.8. The summed E-state index contributed by atoms with van der Waals surface area (Å²) in [5.74, 6) is -1.01. The second-order valence-corrected chi connectivity index (χ2v) is 5.79. The van der Waals surface area contributed by atoms with Gasteiger partial charge in [-0.05, 0) is 38.1 Å². The van der Waals surface area contributed by atoms with Gasteiger partial charge in [-0.25, -0.2) is 8.78 Å². The summed E-state index contributed by atoms with van der Waals surface area (Å²) in [5, 5.41) is 0. The molecular formula is C16H24F2N2O. The molecule has 3 nitrogen and oxygen atoms in total. The van der Waals surface area contributed by atoms with Crippen LogP contribution < -0.4 is 0 Å². The molecule has 1 fully saturated rings. The summed E-state index contributed by atoms with van der Waals surface area (Å²) in [6.45, 7) is 7.50. The Balaban J connectivity index is 1.77. The van der Waals surface area contributed by atoms with Gasteiger partial charge in [-0.3, -0.25) is 4.90 Å². The average Bonchev–Trinajstić information content (AvgIpc) is 2.45. The number of morpholine rings is 1. The van der Waals surface area contributed by atoms with E-state index in [1.807, 2.05) is 7.05 Å². The van der Waals surface area contributed by atoms with Crippen LogP contribution in [0.5, 0.6) is 0 Å². The molecule has 1 heterocycles. The van der Waals surface area contributed by atoms with Crippen molar-refractivity contribution in [1.82, 2.24) is 9.80 Å². The minimum Gasteiger partial charge on any atom is -0.379 e. The first-order valence-corrected chi connectivity index (χ1v) is 7.50. The molecule has 0 N–H and O–H groups in total. The molecule has 1 aliphatic heterocycles. The van der Waals surface area contributed by atoms with Gasteiger partial charge in [-0.2, -0.15) is 0 Å². The summed E-state index contributed by atoms with van der Waals surface area (Å²) in [4.78, 5) is 4.63. The highest BCUT2D eigenvalue weighted by Crippen LogP contribution is 2.10. The number of halogens is 2. The first kappa shape index (κ1) is 16.3. The predicted molar refractivity (Wildman–Crippen MR) is 79.4 cm³/mol. The molecule has 0 aliphatic carbocycles. The molecule has 0 bridgehead atoms. The van der Waals surface area contributed by atoms with E-state index in [4.69, 9.17) is 4.74 Å². The van der Waals surface area contributed by atoms with E-state index in [0.717, 1.165) is 45.5 Å². The van der Waals surface area contributed by atoms with Crippen LogP contribution in [-0.2, 0) is 11.2 Å². The van der Waals surface area contributed by atoms with Crippen molar-refractivity contribution in [3.63, 3.8) is 0 Å². The van der Waals surface area contributed by atoms with Gasteiger partial charge in [-0.1, -0.05) is 0 Å². The lowest BCUT2D eigenvalue weighted by molar-refractivity contribution is 0.0142. The normalized spacial score (nSPS) is 18.1. The van der Waals surface area contributed by atoms with Gasteiger partial charge < -0.3 is 9.64 Å². The van der Waals surface area contributed by atoms with Gasteiger partial charge in [0, 0.05) is 38.3 Å². The van der Waals surface area contributed by atoms with Crippen molar-refractivity contribution in [2.75, 3.05) is 46.4 Å². The Morgan fingerprint density at radius 1 is 1.19 bits per heavy atom. The topological polar surface area (TPSA) is 15.7 Å². The Kier molecular flexibility index (Phi) is 6.08. The van der Waals surface area contributed by atoms with Crippen molar-refractivity contribution >= 4 is 0 Å². The lowest BCUT2D eigenvalue weighted by atomic mass is 10.1. The van der Waals surface area contributed by atoms with Crippen LogP contribution in [0, 0.1) is 11.6 Å². The van der Waals surface area contributed by atoms with Crippen LogP contribution in [0.4, 0.5) is 8.78 Å². The van der Waals surface area contributed by atoms with Crippen LogP contribution in [-0.4, -0.2) is 62.3 Å². The molecule has 1 aromatic carbocycles. The number of ether oxygens (including phenoxy) is 1. The predicted octanol–water partition coefficient (Wildman–Crippen LogP) is 2.16. The number of benzene rings is 1. The third-order valence-corrected chi connectivity index (χ3v) is 3.95. The van der Waals surface area contributed by atoms with E-state index in [1.54, 1.807) is 0 Å². The highest BCUT2D eigenvalue weighted by atomic mass is 19.1. The fourth-order valence-corrected chi connectivity index (χ4v) is 2.75. The van der Waals surface area contributed by atoms with Gasteiger partial charge in [-0.15, -0.1) is 0 Å². The molecule has 1 aromatic rings. The van der Waals surface area contributed by atoms with Gasteiger partial charge >= 0.3 is 0 Å². The van der Waals surface area contributed by atoms with Gasteiger partial charge in [0.1, 0.15) is 11.6 Å². The highest BCUT2D eigenvalue weighted by Gasteiger charge is 2.18. The molecule has 118 valence electrons. The van der Waals surface area contributed by atoms with Crippen LogP contribution in [0.3, 0.4) is 0 Å². The van der Waals surface area contributed by atoms with Crippen LogP contribution in [0.2, 0.25) is 0 Å². The van der Waals surface area contributed by atoms with Gasteiger partial charge in [0.2, 0.25) is 0 Å². The summed E-state index contributed by atoms with van der Waals surface area (Å²) in [7, 11) is 2.05. The standard InChI is InChI=1S/C16H24F2N2O/c1-13(20-5-7-21-8-6-20)12-19(2)4-3-14-9-15(17)11-16(18)10-14/h9-11,13H,3-8,12H2,1-2H3/t13-/m1/s1. The molecule has 0 spiro atoms. The molecule has 1 atom stereocenters. The minimum absolute atomic E-state index is 0.461. The monoisotopic (exact) mass is 298 g/mol.